The lowest BCUT2D eigenvalue weighted by Gasteiger charge is -2.14. The van der Waals surface area contributed by atoms with E-state index in [0.29, 0.717) is 5.02 Å². The molecule has 3 nitrogen and oxygen atoms in total. The number of amides is 1. The van der Waals surface area contributed by atoms with Crippen LogP contribution in [0.3, 0.4) is 0 Å². The van der Waals surface area contributed by atoms with Gasteiger partial charge in [-0.05, 0) is 49.1 Å². The number of thioether (sulfide) groups is 1. The number of halogens is 1. The normalized spacial score (nSPS) is 12.0. The van der Waals surface area contributed by atoms with E-state index >= 15 is 0 Å². The second kappa shape index (κ2) is 8.22. The molecule has 0 spiro atoms. The molecule has 0 aromatic heterocycles. The highest BCUT2D eigenvalue weighted by Crippen LogP contribution is 2.19. The summed E-state index contributed by atoms with van der Waals surface area (Å²) in [6.45, 7) is 2.28. The summed E-state index contributed by atoms with van der Waals surface area (Å²) in [5.74, 6) is -0.0564. The Hall–Kier alpha value is -1.49. The maximum atomic E-state index is 12.0. The highest BCUT2D eigenvalue weighted by molar-refractivity contribution is 7.98. The van der Waals surface area contributed by atoms with E-state index in [0.717, 1.165) is 16.1 Å². The van der Waals surface area contributed by atoms with E-state index in [9.17, 15) is 4.79 Å². The quantitative estimate of drug-likeness (QED) is 0.771. The van der Waals surface area contributed by atoms with E-state index in [4.69, 9.17) is 11.6 Å². The van der Waals surface area contributed by atoms with Crippen LogP contribution in [-0.2, 0) is 4.79 Å². The topological polar surface area (TPSA) is 41.1 Å². The Morgan fingerprint density at radius 2 is 1.95 bits per heavy atom. The van der Waals surface area contributed by atoms with Crippen molar-refractivity contribution in [2.75, 3.05) is 18.1 Å². The van der Waals surface area contributed by atoms with Gasteiger partial charge in [0.2, 0.25) is 5.91 Å². The van der Waals surface area contributed by atoms with Gasteiger partial charge in [0.1, 0.15) is 0 Å². The van der Waals surface area contributed by atoms with E-state index < -0.39 is 0 Å². The molecule has 2 rings (SSSR count). The molecule has 0 fully saturated rings. The molecule has 5 heteroatoms. The summed E-state index contributed by atoms with van der Waals surface area (Å²) in [5.41, 5.74) is 1.92. The van der Waals surface area contributed by atoms with Gasteiger partial charge < -0.3 is 10.6 Å². The van der Waals surface area contributed by atoms with Crippen molar-refractivity contribution in [2.45, 2.75) is 17.9 Å². The lowest BCUT2D eigenvalue weighted by Crippen LogP contribution is -2.30. The zero-order chi connectivity index (χ0) is 15.9. The van der Waals surface area contributed by atoms with Gasteiger partial charge in [-0.15, -0.1) is 11.8 Å². The van der Waals surface area contributed by atoms with E-state index in [1.165, 1.54) is 0 Å². The van der Waals surface area contributed by atoms with Gasteiger partial charge in [-0.25, -0.2) is 0 Å². The Morgan fingerprint density at radius 3 is 2.64 bits per heavy atom. The van der Waals surface area contributed by atoms with Crippen molar-refractivity contribution >= 4 is 35.0 Å². The maximum absolute atomic E-state index is 12.0. The molecule has 2 aromatic rings. The van der Waals surface area contributed by atoms with E-state index in [2.05, 4.69) is 10.6 Å². The first-order valence-electron chi connectivity index (χ1n) is 7.01. The summed E-state index contributed by atoms with van der Waals surface area (Å²) >= 11 is 7.52. The van der Waals surface area contributed by atoms with Gasteiger partial charge in [0.25, 0.3) is 0 Å². The molecule has 0 radical (unpaired) electrons. The van der Waals surface area contributed by atoms with Gasteiger partial charge in [-0.2, -0.15) is 0 Å². The van der Waals surface area contributed by atoms with Gasteiger partial charge in [0.15, 0.2) is 0 Å². The predicted octanol–water partition coefficient (Wildman–Crippen LogP) is 4.35. The second-order valence-electron chi connectivity index (χ2n) is 4.93. The summed E-state index contributed by atoms with van der Waals surface area (Å²) in [6.07, 6.45) is 2.01. The number of carbonyl (C=O) groups excluding carboxylic acids is 1. The molecular formula is C17H19ClN2OS. The van der Waals surface area contributed by atoms with Gasteiger partial charge >= 0.3 is 0 Å². The highest BCUT2D eigenvalue weighted by Gasteiger charge is 2.08. The van der Waals surface area contributed by atoms with Crippen molar-refractivity contribution in [1.82, 2.24) is 5.32 Å². The molecule has 0 saturated heterocycles. The Bertz CT molecular complexity index is 631. The maximum Gasteiger partial charge on any atom is 0.238 e. The fraction of sp³-hybridized carbons (Fsp3) is 0.235. The van der Waals surface area contributed by atoms with Gasteiger partial charge in [0.05, 0.1) is 6.54 Å². The van der Waals surface area contributed by atoms with Crippen LogP contribution >= 0.6 is 23.4 Å². The third kappa shape index (κ3) is 5.05. The minimum Gasteiger partial charge on any atom is -0.325 e. The van der Waals surface area contributed by atoms with Crippen molar-refractivity contribution in [1.29, 1.82) is 0 Å². The molecule has 0 aliphatic rings. The third-order valence-corrected chi connectivity index (χ3v) is 4.27. The van der Waals surface area contributed by atoms with Crippen LogP contribution in [0.25, 0.3) is 0 Å². The first-order valence-corrected chi connectivity index (χ1v) is 8.61. The van der Waals surface area contributed by atoms with Crippen LogP contribution in [0, 0.1) is 0 Å². The average Bonchev–Trinajstić information content (AvgIpc) is 2.53. The number of benzene rings is 2. The number of hydrogen-bond donors (Lipinski definition) is 2. The van der Waals surface area contributed by atoms with Crippen LogP contribution < -0.4 is 10.6 Å². The van der Waals surface area contributed by atoms with Crippen LogP contribution in [-0.4, -0.2) is 18.7 Å². The lowest BCUT2D eigenvalue weighted by atomic mass is 10.1. The number of rotatable bonds is 6. The summed E-state index contributed by atoms with van der Waals surface area (Å²) in [7, 11) is 0. The largest absolute Gasteiger partial charge is 0.325 e. The van der Waals surface area contributed by atoms with Crippen LogP contribution in [0.5, 0.6) is 0 Å². The highest BCUT2D eigenvalue weighted by atomic mass is 35.5. The Kier molecular flexibility index (Phi) is 6.31. The Labute approximate surface area is 140 Å². The SMILES string of the molecule is CSc1cccc(NC(=O)CN[C@@H](C)c2ccc(Cl)cc2)c1. The Morgan fingerprint density at radius 1 is 1.23 bits per heavy atom. The summed E-state index contributed by atoms with van der Waals surface area (Å²) in [5, 5.41) is 6.81. The van der Waals surface area contributed by atoms with E-state index in [1.807, 2.05) is 61.7 Å². The van der Waals surface area contributed by atoms with Crippen molar-refractivity contribution in [3.63, 3.8) is 0 Å². The van der Waals surface area contributed by atoms with Crippen LogP contribution in [0.2, 0.25) is 5.02 Å². The van der Waals surface area contributed by atoms with E-state index in [1.54, 1.807) is 11.8 Å². The fourth-order valence-electron chi connectivity index (χ4n) is 2.02. The molecule has 0 bridgehead atoms. The minimum absolute atomic E-state index is 0.0564. The monoisotopic (exact) mass is 334 g/mol. The zero-order valence-electron chi connectivity index (χ0n) is 12.6. The van der Waals surface area contributed by atoms with Gasteiger partial charge in [-0.1, -0.05) is 29.8 Å². The first-order chi connectivity index (χ1) is 10.6. The number of anilines is 1. The molecule has 0 aliphatic heterocycles. The van der Waals surface area contributed by atoms with Crippen LogP contribution in [0.1, 0.15) is 18.5 Å². The van der Waals surface area contributed by atoms with Gasteiger partial charge in [-0.3, -0.25) is 4.79 Å². The number of hydrogen-bond acceptors (Lipinski definition) is 3. The molecule has 22 heavy (non-hydrogen) atoms. The third-order valence-electron chi connectivity index (χ3n) is 3.29. The molecule has 2 aromatic carbocycles. The van der Waals surface area contributed by atoms with Crippen molar-refractivity contribution in [3.8, 4) is 0 Å². The molecule has 0 heterocycles. The molecule has 116 valence electrons. The average molecular weight is 335 g/mol. The summed E-state index contributed by atoms with van der Waals surface area (Å²) < 4.78 is 0. The summed E-state index contributed by atoms with van der Waals surface area (Å²) in [6, 6.07) is 15.5. The summed E-state index contributed by atoms with van der Waals surface area (Å²) in [4.78, 5) is 13.1. The van der Waals surface area contributed by atoms with Crippen molar-refractivity contribution in [3.05, 3.63) is 59.1 Å². The zero-order valence-corrected chi connectivity index (χ0v) is 14.2. The molecule has 1 amide bonds. The molecule has 0 aliphatic carbocycles. The Balaban J connectivity index is 1.85. The molecule has 0 saturated carbocycles. The predicted molar refractivity (Wildman–Crippen MR) is 94.7 cm³/mol. The second-order valence-corrected chi connectivity index (χ2v) is 6.25. The lowest BCUT2D eigenvalue weighted by molar-refractivity contribution is -0.115. The van der Waals surface area contributed by atoms with Crippen molar-refractivity contribution < 1.29 is 4.79 Å². The van der Waals surface area contributed by atoms with E-state index in [-0.39, 0.29) is 18.5 Å². The smallest absolute Gasteiger partial charge is 0.238 e. The van der Waals surface area contributed by atoms with Gasteiger partial charge in [0, 0.05) is 21.6 Å². The number of carbonyl (C=O) groups is 1. The number of nitrogens with one attached hydrogen (secondary N) is 2. The van der Waals surface area contributed by atoms with Crippen LogP contribution in [0.15, 0.2) is 53.4 Å². The standard InChI is InChI=1S/C17H19ClN2OS/c1-12(13-6-8-14(18)9-7-13)19-11-17(21)20-15-4-3-5-16(10-15)22-2/h3-10,12,19H,11H2,1-2H3,(H,20,21)/t12-/m0/s1. The fourth-order valence-corrected chi connectivity index (χ4v) is 2.61. The first kappa shape index (κ1) is 16.9. The van der Waals surface area contributed by atoms with Crippen LogP contribution in [0.4, 0.5) is 5.69 Å². The molecule has 0 unspecified atom stereocenters. The minimum atomic E-state index is -0.0564. The molecule has 2 N–H and O–H groups in total. The molecular weight excluding hydrogens is 316 g/mol. The van der Waals surface area contributed by atoms with Crippen molar-refractivity contribution in [2.24, 2.45) is 0 Å². The molecule has 1 atom stereocenters.